The molecule has 114 valence electrons. The first-order valence-corrected chi connectivity index (χ1v) is 7.55. The maximum atomic E-state index is 5.76. The number of hydrogen-bond acceptors (Lipinski definition) is 4. The van der Waals surface area contributed by atoms with E-state index in [1.165, 1.54) is 5.56 Å². The molecule has 21 heavy (non-hydrogen) atoms. The fourth-order valence-electron chi connectivity index (χ4n) is 2.00. The van der Waals surface area contributed by atoms with Gasteiger partial charge in [0.05, 0.1) is 6.26 Å². The van der Waals surface area contributed by atoms with Gasteiger partial charge in [0.1, 0.15) is 12.4 Å². The number of nitrogens with one attached hydrogen (secondary N) is 1. The average molecular weight is 288 g/mol. The Balaban J connectivity index is 2.07. The molecule has 2 heterocycles. The van der Waals surface area contributed by atoms with Gasteiger partial charge in [-0.15, -0.1) is 0 Å². The number of nitrogens with zero attached hydrogens (tertiary/aromatic N) is 1. The molecular formula is C17H24N2O2. The SMILES string of the molecule is CCCNCc1cc(OCc2ccco2)nc(C(C)C)c1. The van der Waals surface area contributed by atoms with E-state index in [0.29, 0.717) is 18.4 Å². The monoisotopic (exact) mass is 288 g/mol. The van der Waals surface area contributed by atoms with Gasteiger partial charge in [0.2, 0.25) is 5.88 Å². The summed E-state index contributed by atoms with van der Waals surface area (Å²) < 4.78 is 11.0. The highest BCUT2D eigenvalue weighted by Gasteiger charge is 2.08. The Hall–Kier alpha value is -1.81. The summed E-state index contributed by atoms with van der Waals surface area (Å²) in [6.07, 6.45) is 2.78. The summed E-state index contributed by atoms with van der Waals surface area (Å²) >= 11 is 0. The van der Waals surface area contributed by atoms with Crippen LogP contribution >= 0.6 is 0 Å². The molecule has 2 aromatic heterocycles. The van der Waals surface area contributed by atoms with E-state index in [1.54, 1.807) is 6.26 Å². The van der Waals surface area contributed by atoms with Crippen molar-refractivity contribution in [2.45, 2.75) is 46.3 Å². The lowest BCUT2D eigenvalue weighted by atomic mass is 10.1. The zero-order valence-electron chi connectivity index (χ0n) is 13.1. The summed E-state index contributed by atoms with van der Waals surface area (Å²) in [5.41, 5.74) is 2.26. The molecule has 0 fully saturated rings. The van der Waals surface area contributed by atoms with Gasteiger partial charge in [0, 0.05) is 18.3 Å². The highest BCUT2D eigenvalue weighted by molar-refractivity contribution is 5.26. The fraction of sp³-hybridized carbons (Fsp3) is 0.471. The third-order valence-corrected chi connectivity index (χ3v) is 3.17. The quantitative estimate of drug-likeness (QED) is 0.749. The van der Waals surface area contributed by atoms with Crippen molar-refractivity contribution in [1.82, 2.24) is 10.3 Å². The lowest BCUT2D eigenvalue weighted by Crippen LogP contribution is -2.14. The predicted molar refractivity (Wildman–Crippen MR) is 83.4 cm³/mol. The summed E-state index contributed by atoms with van der Waals surface area (Å²) in [5, 5.41) is 3.41. The molecule has 2 aromatic rings. The van der Waals surface area contributed by atoms with Crippen LogP contribution < -0.4 is 10.1 Å². The minimum absolute atomic E-state index is 0.377. The largest absolute Gasteiger partial charge is 0.469 e. The van der Waals surface area contributed by atoms with E-state index in [9.17, 15) is 0 Å². The van der Waals surface area contributed by atoms with Gasteiger partial charge < -0.3 is 14.5 Å². The van der Waals surface area contributed by atoms with Crippen LogP contribution in [0, 0.1) is 0 Å². The topological polar surface area (TPSA) is 47.3 Å². The molecule has 0 amide bonds. The van der Waals surface area contributed by atoms with Crippen molar-refractivity contribution in [2.24, 2.45) is 0 Å². The third kappa shape index (κ3) is 4.90. The lowest BCUT2D eigenvalue weighted by Gasteiger charge is -2.12. The van der Waals surface area contributed by atoms with Crippen LogP contribution in [0.15, 0.2) is 34.9 Å². The molecule has 2 rings (SSSR count). The maximum Gasteiger partial charge on any atom is 0.214 e. The van der Waals surface area contributed by atoms with Gasteiger partial charge in [-0.25, -0.2) is 4.98 Å². The van der Waals surface area contributed by atoms with Gasteiger partial charge in [-0.3, -0.25) is 0 Å². The van der Waals surface area contributed by atoms with Crippen LogP contribution in [0.2, 0.25) is 0 Å². The lowest BCUT2D eigenvalue weighted by molar-refractivity contribution is 0.259. The van der Waals surface area contributed by atoms with Gasteiger partial charge in [0.25, 0.3) is 0 Å². The normalized spacial score (nSPS) is 11.0. The van der Waals surface area contributed by atoms with Crippen LogP contribution in [0.3, 0.4) is 0 Å². The highest BCUT2D eigenvalue weighted by Crippen LogP contribution is 2.20. The molecule has 0 bridgehead atoms. The molecule has 4 nitrogen and oxygen atoms in total. The summed E-state index contributed by atoms with van der Waals surface area (Å²) in [4.78, 5) is 4.57. The Labute approximate surface area is 126 Å². The Kier molecular flexibility index (Phi) is 5.81. The van der Waals surface area contributed by atoms with Crippen molar-refractivity contribution < 1.29 is 9.15 Å². The van der Waals surface area contributed by atoms with Crippen molar-refractivity contribution in [3.8, 4) is 5.88 Å². The molecule has 0 saturated heterocycles. The van der Waals surface area contributed by atoms with Gasteiger partial charge in [0.15, 0.2) is 0 Å². The Bertz CT molecular complexity index is 536. The molecule has 0 unspecified atom stereocenters. The third-order valence-electron chi connectivity index (χ3n) is 3.17. The number of hydrogen-bond donors (Lipinski definition) is 1. The minimum atomic E-state index is 0.377. The van der Waals surface area contributed by atoms with Gasteiger partial charge in [-0.2, -0.15) is 0 Å². The van der Waals surface area contributed by atoms with Gasteiger partial charge in [-0.1, -0.05) is 20.8 Å². The van der Waals surface area contributed by atoms with E-state index >= 15 is 0 Å². The van der Waals surface area contributed by atoms with E-state index in [1.807, 2.05) is 18.2 Å². The van der Waals surface area contributed by atoms with Crippen molar-refractivity contribution in [1.29, 1.82) is 0 Å². The van der Waals surface area contributed by atoms with Crippen LogP contribution in [0.4, 0.5) is 0 Å². The second-order valence-corrected chi connectivity index (χ2v) is 5.44. The van der Waals surface area contributed by atoms with Crippen molar-refractivity contribution in [2.75, 3.05) is 6.54 Å². The average Bonchev–Trinajstić information content (AvgIpc) is 2.98. The zero-order chi connectivity index (χ0) is 15.1. The van der Waals surface area contributed by atoms with Crippen molar-refractivity contribution in [3.63, 3.8) is 0 Å². The maximum absolute atomic E-state index is 5.76. The predicted octanol–water partition coefficient (Wildman–Crippen LogP) is 3.88. The first-order valence-electron chi connectivity index (χ1n) is 7.55. The molecule has 0 aliphatic carbocycles. The standard InChI is InChI=1S/C17H24N2O2/c1-4-7-18-11-14-9-16(13(2)3)19-17(10-14)21-12-15-6-5-8-20-15/h5-6,8-10,13,18H,4,7,11-12H2,1-3H3. The number of aromatic nitrogens is 1. The summed E-state index contributed by atoms with van der Waals surface area (Å²) in [6.45, 7) is 8.71. The van der Waals surface area contributed by atoms with Crippen LogP contribution in [0.5, 0.6) is 5.88 Å². The van der Waals surface area contributed by atoms with Crippen LogP contribution in [-0.4, -0.2) is 11.5 Å². The molecule has 0 radical (unpaired) electrons. The Morgan fingerprint density at radius 2 is 2.19 bits per heavy atom. The second-order valence-electron chi connectivity index (χ2n) is 5.44. The second kappa shape index (κ2) is 7.84. The summed E-state index contributed by atoms with van der Waals surface area (Å²) in [5.74, 6) is 1.84. The molecule has 0 atom stereocenters. The minimum Gasteiger partial charge on any atom is -0.469 e. The summed E-state index contributed by atoms with van der Waals surface area (Å²) in [6, 6.07) is 7.90. The Morgan fingerprint density at radius 3 is 2.86 bits per heavy atom. The number of pyridine rings is 1. The van der Waals surface area contributed by atoms with Crippen LogP contribution in [0.25, 0.3) is 0 Å². The molecule has 0 spiro atoms. The van der Waals surface area contributed by atoms with Gasteiger partial charge in [-0.05, 0) is 42.6 Å². The van der Waals surface area contributed by atoms with E-state index in [4.69, 9.17) is 9.15 Å². The van der Waals surface area contributed by atoms with Crippen LogP contribution in [-0.2, 0) is 13.2 Å². The Morgan fingerprint density at radius 1 is 1.33 bits per heavy atom. The molecule has 4 heteroatoms. The summed E-state index contributed by atoms with van der Waals surface area (Å²) in [7, 11) is 0. The number of rotatable bonds is 8. The molecular weight excluding hydrogens is 264 g/mol. The van der Waals surface area contributed by atoms with Crippen molar-refractivity contribution in [3.05, 3.63) is 47.5 Å². The van der Waals surface area contributed by atoms with E-state index in [2.05, 4.69) is 37.1 Å². The molecule has 0 aliphatic heterocycles. The molecule has 0 aromatic carbocycles. The zero-order valence-corrected chi connectivity index (χ0v) is 13.1. The van der Waals surface area contributed by atoms with E-state index in [0.717, 1.165) is 31.0 Å². The smallest absolute Gasteiger partial charge is 0.214 e. The molecule has 0 aliphatic rings. The highest BCUT2D eigenvalue weighted by atomic mass is 16.5. The first kappa shape index (κ1) is 15.6. The van der Waals surface area contributed by atoms with Crippen LogP contribution in [0.1, 0.15) is 50.1 Å². The van der Waals surface area contributed by atoms with E-state index < -0.39 is 0 Å². The van der Waals surface area contributed by atoms with Crippen molar-refractivity contribution >= 4 is 0 Å². The molecule has 0 saturated carbocycles. The number of furan rings is 1. The number of ether oxygens (including phenoxy) is 1. The molecule has 1 N–H and O–H groups in total. The van der Waals surface area contributed by atoms with E-state index in [-0.39, 0.29) is 0 Å². The van der Waals surface area contributed by atoms with Gasteiger partial charge >= 0.3 is 0 Å². The first-order chi connectivity index (χ1) is 10.2. The fourth-order valence-corrected chi connectivity index (χ4v) is 2.00.